The molecule has 1 aliphatic carbocycles. The van der Waals surface area contributed by atoms with Crippen molar-refractivity contribution < 1.29 is 9.90 Å². The van der Waals surface area contributed by atoms with E-state index in [0.29, 0.717) is 18.4 Å². The third-order valence-corrected chi connectivity index (χ3v) is 3.70. The van der Waals surface area contributed by atoms with E-state index >= 15 is 0 Å². The summed E-state index contributed by atoms with van der Waals surface area (Å²) in [6.45, 7) is 4.06. The van der Waals surface area contributed by atoms with Crippen LogP contribution in [0.5, 0.6) is 0 Å². The summed E-state index contributed by atoms with van der Waals surface area (Å²) in [5.74, 6) is -0.200. The van der Waals surface area contributed by atoms with Crippen LogP contribution in [0.2, 0.25) is 0 Å². The van der Waals surface area contributed by atoms with Crippen LogP contribution >= 0.6 is 0 Å². The van der Waals surface area contributed by atoms with Crippen molar-refractivity contribution >= 4 is 5.97 Å². The predicted molar refractivity (Wildman–Crippen MR) is 66.8 cm³/mol. The lowest BCUT2D eigenvalue weighted by Crippen LogP contribution is -2.50. The Hall–Kier alpha value is -1.35. The summed E-state index contributed by atoms with van der Waals surface area (Å²) in [4.78, 5) is 11.7. The Morgan fingerprint density at radius 2 is 2.06 bits per heavy atom. The van der Waals surface area contributed by atoms with Crippen LogP contribution in [-0.4, -0.2) is 17.1 Å². The number of rotatable bonds is 5. The SMILES string of the molecule is CCC(NC1CC1C)(C(=O)O)c1ccccc1. The van der Waals surface area contributed by atoms with Gasteiger partial charge in [0.15, 0.2) is 0 Å². The van der Waals surface area contributed by atoms with Gasteiger partial charge in [-0.25, -0.2) is 4.79 Å². The zero-order valence-electron chi connectivity index (χ0n) is 10.3. The van der Waals surface area contributed by atoms with E-state index in [4.69, 9.17) is 0 Å². The molecule has 0 spiro atoms. The van der Waals surface area contributed by atoms with Gasteiger partial charge in [-0.1, -0.05) is 44.2 Å². The normalized spacial score (nSPS) is 26.2. The first kappa shape index (κ1) is 12.1. The van der Waals surface area contributed by atoms with E-state index in [9.17, 15) is 9.90 Å². The van der Waals surface area contributed by atoms with Crippen LogP contribution in [0.25, 0.3) is 0 Å². The fraction of sp³-hybridized carbons (Fsp3) is 0.500. The van der Waals surface area contributed by atoms with E-state index in [1.54, 1.807) is 0 Å². The molecule has 0 amide bonds. The zero-order chi connectivity index (χ0) is 12.5. The minimum Gasteiger partial charge on any atom is -0.480 e. The number of nitrogens with one attached hydrogen (secondary N) is 1. The second-order valence-corrected chi connectivity index (χ2v) is 4.89. The number of hydrogen-bond acceptors (Lipinski definition) is 2. The van der Waals surface area contributed by atoms with Crippen LogP contribution in [0.1, 0.15) is 32.3 Å². The van der Waals surface area contributed by atoms with Gasteiger partial charge in [0.1, 0.15) is 5.54 Å². The number of carboxylic acid groups (broad SMARTS) is 1. The van der Waals surface area contributed by atoms with Crippen LogP contribution in [-0.2, 0) is 10.3 Å². The van der Waals surface area contributed by atoms with E-state index in [1.807, 2.05) is 37.3 Å². The maximum atomic E-state index is 11.7. The molecule has 0 radical (unpaired) electrons. The molecule has 0 aromatic heterocycles. The van der Waals surface area contributed by atoms with Crippen molar-refractivity contribution in [1.29, 1.82) is 0 Å². The molecule has 0 bridgehead atoms. The van der Waals surface area contributed by atoms with E-state index in [0.717, 1.165) is 12.0 Å². The highest BCUT2D eigenvalue weighted by Crippen LogP contribution is 2.35. The number of hydrogen-bond donors (Lipinski definition) is 2. The Kier molecular flexibility index (Phi) is 3.20. The van der Waals surface area contributed by atoms with Crippen molar-refractivity contribution in [2.75, 3.05) is 0 Å². The van der Waals surface area contributed by atoms with Gasteiger partial charge in [0.25, 0.3) is 0 Å². The van der Waals surface area contributed by atoms with Crippen molar-refractivity contribution in [3.8, 4) is 0 Å². The fourth-order valence-corrected chi connectivity index (χ4v) is 2.29. The van der Waals surface area contributed by atoms with Crippen molar-refractivity contribution in [3.05, 3.63) is 35.9 Å². The van der Waals surface area contributed by atoms with Gasteiger partial charge in [-0.05, 0) is 24.3 Å². The fourth-order valence-electron chi connectivity index (χ4n) is 2.29. The molecule has 3 heteroatoms. The largest absolute Gasteiger partial charge is 0.480 e. The smallest absolute Gasteiger partial charge is 0.328 e. The first-order valence-electron chi connectivity index (χ1n) is 6.16. The van der Waals surface area contributed by atoms with Gasteiger partial charge in [0, 0.05) is 6.04 Å². The summed E-state index contributed by atoms with van der Waals surface area (Å²) in [5.41, 5.74) is -0.0921. The zero-order valence-corrected chi connectivity index (χ0v) is 10.3. The second kappa shape index (κ2) is 4.49. The average molecular weight is 233 g/mol. The lowest BCUT2D eigenvalue weighted by Gasteiger charge is -2.30. The van der Waals surface area contributed by atoms with Crippen molar-refractivity contribution in [2.45, 2.75) is 38.3 Å². The number of carboxylic acids is 1. The third-order valence-electron chi connectivity index (χ3n) is 3.70. The molecule has 0 aliphatic heterocycles. The monoisotopic (exact) mass is 233 g/mol. The molecule has 1 aliphatic rings. The topological polar surface area (TPSA) is 49.3 Å². The first-order valence-corrected chi connectivity index (χ1v) is 6.16. The minimum atomic E-state index is -0.934. The number of aliphatic carboxylic acids is 1. The molecule has 92 valence electrons. The van der Waals surface area contributed by atoms with E-state index in [2.05, 4.69) is 12.2 Å². The van der Waals surface area contributed by atoms with E-state index < -0.39 is 11.5 Å². The van der Waals surface area contributed by atoms with Gasteiger partial charge in [-0.2, -0.15) is 0 Å². The van der Waals surface area contributed by atoms with Gasteiger partial charge in [0.05, 0.1) is 0 Å². The summed E-state index contributed by atoms with van der Waals surface area (Å²) in [7, 11) is 0. The Labute approximate surface area is 102 Å². The molecule has 3 atom stereocenters. The average Bonchev–Trinajstić information content (AvgIpc) is 3.02. The Bertz CT molecular complexity index is 404. The van der Waals surface area contributed by atoms with Gasteiger partial charge in [-0.15, -0.1) is 0 Å². The molecule has 1 aromatic rings. The maximum absolute atomic E-state index is 11.7. The number of carbonyl (C=O) groups is 1. The summed E-state index contributed by atoms with van der Waals surface area (Å²) >= 11 is 0. The lowest BCUT2D eigenvalue weighted by atomic mass is 9.87. The van der Waals surface area contributed by atoms with E-state index in [1.165, 1.54) is 0 Å². The molecule has 3 nitrogen and oxygen atoms in total. The Morgan fingerprint density at radius 3 is 2.47 bits per heavy atom. The standard InChI is InChI=1S/C14H19NO2/c1-3-14(13(16)17,15-12-9-10(12)2)11-7-5-4-6-8-11/h4-8,10,12,15H,3,9H2,1-2H3,(H,16,17). The first-order chi connectivity index (χ1) is 8.10. The van der Waals surface area contributed by atoms with Gasteiger partial charge < -0.3 is 5.11 Å². The molecule has 17 heavy (non-hydrogen) atoms. The van der Waals surface area contributed by atoms with Crippen molar-refractivity contribution in [1.82, 2.24) is 5.32 Å². The molecule has 2 N–H and O–H groups in total. The van der Waals surface area contributed by atoms with E-state index in [-0.39, 0.29) is 0 Å². The highest BCUT2D eigenvalue weighted by atomic mass is 16.4. The minimum absolute atomic E-state index is 0.339. The molecular formula is C14H19NO2. The molecule has 0 saturated heterocycles. The van der Waals surface area contributed by atoms with Crippen LogP contribution in [0.4, 0.5) is 0 Å². The second-order valence-electron chi connectivity index (χ2n) is 4.89. The van der Waals surface area contributed by atoms with Crippen LogP contribution in [0.3, 0.4) is 0 Å². The molecule has 0 heterocycles. The Balaban J connectivity index is 2.32. The summed E-state index contributed by atoms with van der Waals surface area (Å²) < 4.78 is 0. The van der Waals surface area contributed by atoms with Crippen molar-refractivity contribution in [3.63, 3.8) is 0 Å². The highest BCUT2D eigenvalue weighted by Gasteiger charge is 2.45. The summed E-state index contributed by atoms with van der Waals surface area (Å²) in [6, 6.07) is 9.80. The summed E-state index contributed by atoms with van der Waals surface area (Å²) in [6.07, 6.45) is 1.62. The highest BCUT2D eigenvalue weighted by molar-refractivity contribution is 5.80. The van der Waals surface area contributed by atoms with Crippen molar-refractivity contribution in [2.24, 2.45) is 5.92 Å². The van der Waals surface area contributed by atoms with Gasteiger partial charge >= 0.3 is 5.97 Å². The molecule has 1 saturated carbocycles. The van der Waals surface area contributed by atoms with Crippen LogP contribution in [0, 0.1) is 5.92 Å². The van der Waals surface area contributed by atoms with Gasteiger partial charge in [0.2, 0.25) is 0 Å². The maximum Gasteiger partial charge on any atom is 0.328 e. The van der Waals surface area contributed by atoms with Crippen LogP contribution in [0.15, 0.2) is 30.3 Å². The Morgan fingerprint density at radius 1 is 1.47 bits per heavy atom. The third kappa shape index (κ3) is 2.20. The molecule has 2 rings (SSSR count). The predicted octanol–water partition coefficient (Wildman–Crippen LogP) is 2.37. The molecular weight excluding hydrogens is 214 g/mol. The molecule has 1 aromatic carbocycles. The van der Waals surface area contributed by atoms with Gasteiger partial charge in [-0.3, -0.25) is 5.32 Å². The number of benzene rings is 1. The molecule has 3 unspecified atom stereocenters. The summed E-state index contributed by atoms with van der Waals surface area (Å²) in [5, 5.41) is 12.9. The molecule has 1 fully saturated rings. The quantitative estimate of drug-likeness (QED) is 0.821. The van der Waals surface area contributed by atoms with Crippen LogP contribution < -0.4 is 5.32 Å². The lowest BCUT2D eigenvalue weighted by molar-refractivity contribution is -0.145.